The van der Waals surface area contributed by atoms with Gasteiger partial charge in [0.2, 0.25) is 0 Å². The first-order chi connectivity index (χ1) is 9.75. The smallest absolute Gasteiger partial charge is 0.339 e. The first-order valence-electron chi connectivity index (χ1n) is 6.09. The van der Waals surface area contributed by atoms with E-state index in [-0.39, 0.29) is 5.56 Å². The number of fused-ring (bicyclic) bond motifs is 1. The third-order valence-corrected chi connectivity index (χ3v) is 2.96. The molecule has 2 heterocycles. The molecule has 0 spiro atoms. The Hall–Kier alpha value is -2.60. The minimum Gasteiger partial charge on any atom is -0.478 e. The summed E-state index contributed by atoms with van der Waals surface area (Å²) in [6.07, 6.45) is 1.56. The predicted octanol–water partition coefficient (Wildman–Crippen LogP) is 2.41. The Morgan fingerprint density at radius 1 is 1.25 bits per heavy atom. The highest BCUT2D eigenvalue weighted by Gasteiger charge is 2.19. The van der Waals surface area contributed by atoms with E-state index in [0.29, 0.717) is 35.6 Å². The standard InChI is InChI=1S/C14H12N2O4/c17-14(18)13-10-3-1-2-4-11(10)19-12(13)8-15-7-9-5-6-16-20-9/h1-6,15H,7-8H2,(H,17,18). The number of carbonyl (C=O) groups is 1. The molecule has 0 fully saturated rings. The summed E-state index contributed by atoms with van der Waals surface area (Å²) in [4.78, 5) is 11.4. The molecule has 3 aromatic rings. The van der Waals surface area contributed by atoms with Crippen molar-refractivity contribution in [1.82, 2.24) is 10.5 Å². The normalized spacial score (nSPS) is 11.0. The molecule has 0 atom stereocenters. The van der Waals surface area contributed by atoms with Gasteiger partial charge in [-0.3, -0.25) is 0 Å². The van der Waals surface area contributed by atoms with Crippen LogP contribution in [-0.2, 0) is 13.1 Å². The van der Waals surface area contributed by atoms with Crippen LogP contribution in [0.4, 0.5) is 0 Å². The van der Waals surface area contributed by atoms with E-state index in [1.54, 1.807) is 30.5 Å². The van der Waals surface area contributed by atoms with E-state index < -0.39 is 5.97 Å². The molecule has 20 heavy (non-hydrogen) atoms. The number of para-hydroxylation sites is 1. The van der Waals surface area contributed by atoms with Crippen LogP contribution in [0.5, 0.6) is 0 Å². The Bertz CT molecular complexity index is 731. The van der Waals surface area contributed by atoms with Gasteiger partial charge in [0.25, 0.3) is 0 Å². The molecule has 0 aliphatic carbocycles. The first-order valence-corrected chi connectivity index (χ1v) is 6.09. The molecule has 0 aliphatic heterocycles. The SMILES string of the molecule is O=C(O)c1c(CNCc2ccno2)oc2ccccc12. The predicted molar refractivity (Wildman–Crippen MR) is 70.2 cm³/mol. The second-order valence-corrected chi connectivity index (χ2v) is 4.28. The minimum absolute atomic E-state index is 0.200. The van der Waals surface area contributed by atoms with Crippen molar-refractivity contribution in [2.75, 3.05) is 0 Å². The van der Waals surface area contributed by atoms with Gasteiger partial charge in [-0.15, -0.1) is 0 Å². The first kappa shape index (κ1) is 12.4. The van der Waals surface area contributed by atoms with Crippen LogP contribution in [0.3, 0.4) is 0 Å². The average molecular weight is 272 g/mol. The Balaban J connectivity index is 1.83. The number of aromatic nitrogens is 1. The van der Waals surface area contributed by atoms with Crippen LogP contribution in [0, 0.1) is 0 Å². The molecular weight excluding hydrogens is 260 g/mol. The number of aromatic carboxylic acids is 1. The molecular formula is C14H12N2O4. The Labute approximate surface area is 114 Å². The summed E-state index contributed by atoms with van der Waals surface area (Å²) in [5, 5.41) is 16.6. The number of carboxylic acid groups (broad SMARTS) is 1. The molecule has 1 aromatic carbocycles. The van der Waals surface area contributed by atoms with Gasteiger partial charge in [-0.05, 0) is 6.07 Å². The van der Waals surface area contributed by atoms with Gasteiger partial charge in [0.15, 0.2) is 0 Å². The Morgan fingerprint density at radius 2 is 2.10 bits per heavy atom. The summed E-state index contributed by atoms with van der Waals surface area (Å²) in [6.45, 7) is 0.757. The van der Waals surface area contributed by atoms with Crippen molar-refractivity contribution < 1.29 is 18.8 Å². The summed E-state index contributed by atoms with van der Waals surface area (Å²) < 4.78 is 10.5. The van der Waals surface area contributed by atoms with E-state index in [9.17, 15) is 9.90 Å². The van der Waals surface area contributed by atoms with Crippen molar-refractivity contribution in [3.8, 4) is 0 Å². The quantitative estimate of drug-likeness (QED) is 0.741. The molecule has 2 aromatic heterocycles. The molecule has 102 valence electrons. The lowest BCUT2D eigenvalue weighted by atomic mass is 10.1. The van der Waals surface area contributed by atoms with Gasteiger partial charge in [-0.1, -0.05) is 23.4 Å². The molecule has 6 nitrogen and oxygen atoms in total. The van der Waals surface area contributed by atoms with Crippen LogP contribution >= 0.6 is 0 Å². The fourth-order valence-electron chi connectivity index (χ4n) is 2.09. The van der Waals surface area contributed by atoms with E-state index >= 15 is 0 Å². The molecule has 0 radical (unpaired) electrons. The summed E-state index contributed by atoms with van der Waals surface area (Å²) in [7, 11) is 0. The topological polar surface area (TPSA) is 88.5 Å². The van der Waals surface area contributed by atoms with Crippen LogP contribution in [0.15, 0.2) is 45.5 Å². The number of nitrogens with one attached hydrogen (secondary N) is 1. The summed E-state index contributed by atoms with van der Waals surface area (Å²) in [5.74, 6) is 0.0858. The van der Waals surface area contributed by atoms with Crippen LogP contribution in [0.25, 0.3) is 11.0 Å². The zero-order valence-electron chi connectivity index (χ0n) is 10.5. The van der Waals surface area contributed by atoms with Gasteiger partial charge in [-0.25, -0.2) is 4.79 Å². The maximum atomic E-state index is 11.4. The van der Waals surface area contributed by atoms with Crippen LogP contribution in [0.2, 0.25) is 0 Å². The zero-order chi connectivity index (χ0) is 13.9. The average Bonchev–Trinajstić information content (AvgIpc) is 3.05. The summed E-state index contributed by atoms with van der Waals surface area (Å²) >= 11 is 0. The molecule has 2 N–H and O–H groups in total. The highest BCUT2D eigenvalue weighted by Crippen LogP contribution is 2.25. The third-order valence-electron chi connectivity index (χ3n) is 2.96. The molecule has 0 saturated heterocycles. The lowest BCUT2D eigenvalue weighted by molar-refractivity contribution is 0.0696. The Morgan fingerprint density at radius 3 is 2.85 bits per heavy atom. The second kappa shape index (κ2) is 5.18. The highest BCUT2D eigenvalue weighted by molar-refractivity contribution is 6.03. The largest absolute Gasteiger partial charge is 0.478 e. The van der Waals surface area contributed by atoms with E-state index in [1.165, 1.54) is 0 Å². The number of furan rings is 1. The molecule has 0 amide bonds. The third kappa shape index (κ3) is 2.28. The number of rotatable bonds is 5. The van der Waals surface area contributed by atoms with Gasteiger partial charge in [0.1, 0.15) is 22.7 Å². The monoisotopic (exact) mass is 272 g/mol. The van der Waals surface area contributed by atoms with E-state index in [4.69, 9.17) is 8.94 Å². The van der Waals surface area contributed by atoms with Crippen LogP contribution in [0.1, 0.15) is 21.9 Å². The molecule has 0 saturated carbocycles. The van der Waals surface area contributed by atoms with E-state index in [0.717, 1.165) is 0 Å². The highest BCUT2D eigenvalue weighted by atomic mass is 16.5. The molecule has 0 unspecified atom stereocenters. The Kier molecular flexibility index (Phi) is 3.22. The van der Waals surface area contributed by atoms with Crippen molar-refractivity contribution in [3.05, 3.63) is 53.6 Å². The maximum absolute atomic E-state index is 11.4. The number of hydrogen-bond acceptors (Lipinski definition) is 5. The number of carboxylic acids is 1. The van der Waals surface area contributed by atoms with Crippen molar-refractivity contribution in [3.63, 3.8) is 0 Å². The fraction of sp³-hybridized carbons (Fsp3) is 0.143. The number of nitrogens with zero attached hydrogens (tertiary/aromatic N) is 1. The maximum Gasteiger partial charge on any atom is 0.339 e. The number of benzene rings is 1. The van der Waals surface area contributed by atoms with Crippen LogP contribution < -0.4 is 5.32 Å². The lowest BCUT2D eigenvalue weighted by Crippen LogP contribution is -2.14. The lowest BCUT2D eigenvalue weighted by Gasteiger charge is -2.00. The number of hydrogen-bond donors (Lipinski definition) is 2. The van der Waals surface area contributed by atoms with Crippen molar-refractivity contribution >= 4 is 16.9 Å². The molecule has 0 aliphatic rings. The van der Waals surface area contributed by atoms with Gasteiger partial charge in [-0.2, -0.15) is 0 Å². The van der Waals surface area contributed by atoms with Crippen molar-refractivity contribution in [1.29, 1.82) is 0 Å². The zero-order valence-corrected chi connectivity index (χ0v) is 10.5. The van der Waals surface area contributed by atoms with E-state index in [2.05, 4.69) is 10.5 Å². The minimum atomic E-state index is -0.994. The molecule has 6 heteroatoms. The van der Waals surface area contributed by atoms with Crippen molar-refractivity contribution in [2.24, 2.45) is 0 Å². The van der Waals surface area contributed by atoms with Gasteiger partial charge >= 0.3 is 5.97 Å². The summed E-state index contributed by atoms with van der Waals surface area (Å²) in [5.41, 5.74) is 0.770. The summed E-state index contributed by atoms with van der Waals surface area (Å²) in [6, 6.07) is 8.83. The van der Waals surface area contributed by atoms with E-state index in [1.807, 2.05) is 6.07 Å². The van der Waals surface area contributed by atoms with Gasteiger partial charge < -0.3 is 19.4 Å². The van der Waals surface area contributed by atoms with Crippen LogP contribution in [-0.4, -0.2) is 16.2 Å². The van der Waals surface area contributed by atoms with Gasteiger partial charge in [0, 0.05) is 11.5 Å². The van der Waals surface area contributed by atoms with Crippen molar-refractivity contribution in [2.45, 2.75) is 13.1 Å². The second-order valence-electron chi connectivity index (χ2n) is 4.28. The van der Waals surface area contributed by atoms with Gasteiger partial charge in [0.05, 0.1) is 19.3 Å². The molecule has 0 bridgehead atoms. The fourth-order valence-corrected chi connectivity index (χ4v) is 2.09. The molecule has 3 rings (SSSR count).